The number of ether oxygens (including phenoxy) is 1. The summed E-state index contributed by atoms with van der Waals surface area (Å²) in [5, 5.41) is 16.0. The molecule has 1 aromatic heterocycles. The molecule has 8 nitrogen and oxygen atoms in total. The summed E-state index contributed by atoms with van der Waals surface area (Å²) in [6.45, 7) is 3.24. The molecule has 2 heterocycles. The topological polar surface area (TPSA) is 124 Å². The van der Waals surface area contributed by atoms with Crippen molar-refractivity contribution in [2.24, 2.45) is 17.8 Å². The fourth-order valence-corrected chi connectivity index (χ4v) is 4.58. The number of carbonyl (C=O) groups excluding carboxylic acids is 3. The molecular formula is C26H32N4O4. The lowest BCUT2D eigenvalue weighted by Crippen LogP contribution is -2.40. The highest BCUT2D eigenvalue weighted by Crippen LogP contribution is 2.37. The molecule has 2 aliphatic rings. The highest BCUT2D eigenvalue weighted by atomic mass is 16.5. The Balaban J connectivity index is 1.44. The number of benzene rings is 1. The van der Waals surface area contributed by atoms with Gasteiger partial charge in [-0.2, -0.15) is 5.26 Å². The van der Waals surface area contributed by atoms with Crippen LogP contribution in [0.1, 0.15) is 62.4 Å². The first-order chi connectivity index (χ1) is 16.5. The maximum Gasteiger partial charge on any atom is 0.224 e. The SMILES string of the molecule is CCCOc1cccc2[nH]c(C(=O)C[C@@H](CC3CC3)C(=O)N[C@H](C#N)C[C@@H]3CCNC3=O)cc12. The van der Waals surface area contributed by atoms with Crippen molar-refractivity contribution < 1.29 is 19.1 Å². The van der Waals surface area contributed by atoms with Gasteiger partial charge in [-0.05, 0) is 49.8 Å². The fraction of sp³-hybridized carbons (Fsp3) is 0.538. The quantitative estimate of drug-likeness (QED) is 0.415. The Bertz CT molecular complexity index is 1100. The molecule has 0 unspecified atom stereocenters. The van der Waals surface area contributed by atoms with Crippen LogP contribution in [0.25, 0.3) is 10.9 Å². The second kappa shape index (κ2) is 10.7. The Morgan fingerprint density at radius 3 is 2.76 bits per heavy atom. The van der Waals surface area contributed by atoms with E-state index in [1.54, 1.807) is 6.07 Å². The summed E-state index contributed by atoms with van der Waals surface area (Å²) < 4.78 is 5.81. The van der Waals surface area contributed by atoms with Gasteiger partial charge in [-0.25, -0.2) is 0 Å². The predicted molar refractivity (Wildman–Crippen MR) is 127 cm³/mol. The fourth-order valence-electron chi connectivity index (χ4n) is 4.58. The Labute approximate surface area is 199 Å². The molecular weight excluding hydrogens is 432 g/mol. The maximum absolute atomic E-state index is 13.2. The number of amides is 2. The van der Waals surface area contributed by atoms with Gasteiger partial charge in [0.2, 0.25) is 11.8 Å². The van der Waals surface area contributed by atoms with Crippen LogP contribution in [0.4, 0.5) is 0 Å². The molecule has 0 bridgehead atoms. The average Bonchev–Trinajstić information content (AvgIpc) is 3.39. The first kappa shape index (κ1) is 23.8. The van der Waals surface area contributed by atoms with E-state index in [0.717, 1.165) is 35.9 Å². The van der Waals surface area contributed by atoms with Gasteiger partial charge in [-0.1, -0.05) is 25.8 Å². The van der Waals surface area contributed by atoms with E-state index in [1.165, 1.54) is 0 Å². The van der Waals surface area contributed by atoms with Crippen LogP contribution in [0.3, 0.4) is 0 Å². The molecule has 4 rings (SSSR count). The number of hydrogen-bond donors (Lipinski definition) is 3. The minimum atomic E-state index is -0.746. The van der Waals surface area contributed by atoms with Crippen molar-refractivity contribution in [2.75, 3.05) is 13.2 Å². The van der Waals surface area contributed by atoms with Crippen LogP contribution in [0.15, 0.2) is 24.3 Å². The number of hydrogen-bond acceptors (Lipinski definition) is 5. The summed E-state index contributed by atoms with van der Waals surface area (Å²) in [5.74, 6) is -0.0775. The third kappa shape index (κ3) is 5.77. The molecule has 1 aliphatic carbocycles. The number of fused-ring (bicyclic) bond motifs is 1. The van der Waals surface area contributed by atoms with Crippen molar-refractivity contribution in [3.8, 4) is 11.8 Å². The van der Waals surface area contributed by atoms with Crippen LogP contribution in [-0.4, -0.2) is 41.8 Å². The van der Waals surface area contributed by atoms with Crippen molar-refractivity contribution in [3.63, 3.8) is 0 Å². The standard InChI is InChI=1S/C26H32N4O4/c1-2-10-34-24-5-3-4-21-20(24)14-22(30-21)23(31)13-18(11-16-6-7-16)26(33)29-19(15-27)12-17-8-9-28-25(17)32/h3-5,14,16-19,30H,2,6-13H2,1H3,(H,28,32)(H,29,33)/t17-,18+,19-/m0/s1. The molecule has 2 fully saturated rings. The molecule has 8 heteroatoms. The number of aromatic amines is 1. The molecule has 1 aliphatic heterocycles. The Hall–Kier alpha value is -3.34. The lowest BCUT2D eigenvalue weighted by molar-refractivity contribution is -0.127. The van der Waals surface area contributed by atoms with Gasteiger partial charge in [-0.15, -0.1) is 0 Å². The number of carbonyl (C=O) groups is 3. The lowest BCUT2D eigenvalue weighted by atomic mass is 9.93. The van der Waals surface area contributed by atoms with Crippen molar-refractivity contribution in [3.05, 3.63) is 30.0 Å². The van der Waals surface area contributed by atoms with E-state index in [2.05, 4.69) is 21.7 Å². The highest BCUT2D eigenvalue weighted by Gasteiger charge is 2.33. The molecule has 1 aromatic carbocycles. The van der Waals surface area contributed by atoms with Crippen molar-refractivity contribution in [1.29, 1.82) is 5.26 Å². The van der Waals surface area contributed by atoms with Gasteiger partial charge in [-0.3, -0.25) is 14.4 Å². The van der Waals surface area contributed by atoms with E-state index in [-0.39, 0.29) is 29.9 Å². The summed E-state index contributed by atoms with van der Waals surface area (Å²) in [4.78, 5) is 41.3. The minimum Gasteiger partial charge on any atom is -0.493 e. The third-order valence-corrected chi connectivity index (χ3v) is 6.66. The molecule has 2 aromatic rings. The smallest absolute Gasteiger partial charge is 0.224 e. The summed E-state index contributed by atoms with van der Waals surface area (Å²) >= 11 is 0. The second-order valence-electron chi connectivity index (χ2n) is 9.45. The third-order valence-electron chi connectivity index (χ3n) is 6.66. The zero-order chi connectivity index (χ0) is 24.1. The largest absolute Gasteiger partial charge is 0.493 e. The van der Waals surface area contributed by atoms with Crippen LogP contribution >= 0.6 is 0 Å². The van der Waals surface area contributed by atoms with Gasteiger partial charge in [0.1, 0.15) is 11.8 Å². The average molecular weight is 465 g/mol. The van der Waals surface area contributed by atoms with Crippen molar-refractivity contribution in [2.45, 2.75) is 57.9 Å². The Morgan fingerprint density at radius 2 is 2.09 bits per heavy atom. The van der Waals surface area contributed by atoms with Crippen LogP contribution in [0.5, 0.6) is 5.75 Å². The van der Waals surface area contributed by atoms with E-state index < -0.39 is 12.0 Å². The number of H-pyrrole nitrogens is 1. The lowest BCUT2D eigenvalue weighted by Gasteiger charge is -2.19. The number of rotatable bonds is 12. The zero-order valence-electron chi connectivity index (χ0n) is 19.6. The summed E-state index contributed by atoms with van der Waals surface area (Å²) in [6, 6.07) is 8.83. The maximum atomic E-state index is 13.2. The van der Waals surface area contributed by atoms with Crippen LogP contribution < -0.4 is 15.4 Å². The number of aromatic nitrogens is 1. The first-order valence-electron chi connectivity index (χ1n) is 12.2. The van der Waals surface area contributed by atoms with E-state index in [0.29, 0.717) is 44.0 Å². The van der Waals surface area contributed by atoms with E-state index >= 15 is 0 Å². The molecule has 3 N–H and O–H groups in total. The molecule has 3 atom stereocenters. The number of nitriles is 1. The highest BCUT2D eigenvalue weighted by molar-refractivity contribution is 6.02. The molecule has 180 valence electrons. The number of Topliss-reactive ketones (excluding diaryl/α,β-unsaturated/α-hetero) is 1. The molecule has 2 amide bonds. The molecule has 1 saturated heterocycles. The predicted octanol–water partition coefficient (Wildman–Crippen LogP) is 3.48. The molecule has 0 radical (unpaired) electrons. The summed E-state index contributed by atoms with van der Waals surface area (Å²) in [6.07, 6.45) is 4.67. The number of ketones is 1. The number of nitrogens with zero attached hydrogens (tertiary/aromatic N) is 1. The Kier molecular flexibility index (Phi) is 7.51. The van der Waals surface area contributed by atoms with Crippen LogP contribution in [0.2, 0.25) is 0 Å². The van der Waals surface area contributed by atoms with Gasteiger partial charge in [0.15, 0.2) is 5.78 Å². The van der Waals surface area contributed by atoms with Gasteiger partial charge in [0, 0.05) is 35.7 Å². The normalized spacial score (nSPS) is 19.3. The van der Waals surface area contributed by atoms with Gasteiger partial charge in [0.25, 0.3) is 0 Å². The summed E-state index contributed by atoms with van der Waals surface area (Å²) in [7, 11) is 0. The van der Waals surface area contributed by atoms with E-state index in [4.69, 9.17) is 4.74 Å². The number of nitrogens with one attached hydrogen (secondary N) is 3. The van der Waals surface area contributed by atoms with E-state index in [9.17, 15) is 19.6 Å². The van der Waals surface area contributed by atoms with Gasteiger partial charge < -0.3 is 20.4 Å². The Morgan fingerprint density at radius 1 is 1.26 bits per heavy atom. The molecule has 1 saturated carbocycles. The van der Waals surface area contributed by atoms with Crippen LogP contribution in [0, 0.1) is 29.1 Å². The zero-order valence-corrected chi connectivity index (χ0v) is 19.6. The minimum absolute atomic E-state index is 0.0692. The van der Waals surface area contributed by atoms with Crippen molar-refractivity contribution in [1.82, 2.24) is 15.6 Å². The van der Waals surface area contributed by atoms with Crippen LogP contribution in [-0.2, 0) is 9.59 Å². The van der Waals surface area contributed by atoms with Crippen molar-refractivity contribution >= 4 is 28.5 Å². The van der Waals surface area contributed by atoms with E-state index in [1.807, 2.05) is 25.1 Å². The van der Waals surface area contributed by atoms with Gasteiger partial charge in [0.05, 0.1) is 18.4 Å². The monoisotopic (exact) mass is 464 g/mol. The first-order valence-corrected chi connectivity index (χ1v) is 12.2. The second-order valence-corrected chi connectivity index (χ2v) is 9.45. The summed E-state index contributed by atoms with van der Waals surface area (Å²) in [5.41, 5.74) is 1.27. The molecule has 0 spiro atoms. The van der Waals surface area contributed by atoms with Gasteiger partial charge >= 0.3 is 0 Å². The molecule has 34 heavy (non-hydrogen) atoms.